The third-order valence-electron chi connectivity index (χ3n) is 3.78. The summed E-state index contributed by atoms with van der Waals surface area (Å²) in [6.45, 7) is 3.50. The van der Waals surface area contributed by atoms with Gasteiger partial charge in [0.25, 0.3) is 0 Å². The first kappa shape index (κ1) is 16.4. The highest BCUT2D eigenvalue weighted by Gasteiger charge is 2.16. The molecule has 5 heteroatoms. The zero-order chi connectivity index (χ0) is 17.4. The van der Waals surface area contributed by atoms with Crippen molar-refractivity contribution < 1.29 is 13.9 Å². The van der Waals surface area contributed by atoms with Crippen LogP contribution in [-0.2, 0) is 0 Å². The molecule has 0 fully saturated rings. The molecule has 2 aromatic carbocycles. The second kappa shape index (κ2) is 6.21. The van der Waals surface area contributed by atoms with E-state index in [9.17, 15) is 13.9 Å². The number of allylic oxidation sites excluding steroid dienone is 1. The third-order valence-corrected chi connectivity index (χ3v) is 4.08. The first-order valence-electron chi connectivity index (χ1n) is 7.32. The van der Waals surface area contributed by atoms with E-state index in [0.29, 0.717) is 27.7 Å². The third kappa shape index (κ3) is 2.85. The number of hydrogen-bond acceptors (Lipinski definition) is 2. The highest BCUT2D eigenvalue weighted by atomic mass is 35.5. The molecular formula is C19H14ClF2NO. The summed E-state index contributed by atoms with van der Waals surface area (Å²) in [6.07, 6.45) is 1.56. The van der Waals surface area contributed by atoms with Crippen molar-refractivity contribution in [3.8, 4) is 11.1 Å². The number of halogens is 3. The summed E-state index contributed by atoms with van der Waals surface area (Å²) in [5.41, 5.74) is 2.52. The van der Waals surface area contributed by atoms with Crippen LogP contribution in [0.1, 0.15) is 18.2 Å². The smallest absolute Gasteiger partial charge is 0.135 e. The van der Waals surface area contributed by atoms with Gasteiger partial charge in [-0.05, 0) is 55.8 Å². The summed E-state index contributed by atoms with van der Waals surface area (Å²) in [7, 11) is 0. The Kier molecular flexibility index (Phi) is 4.24. The highest BCUT2D eigenvalue weighted by Crippen LogP contribution is 2.37. The van der Waals surface area contributed by atoms with E-state index < -0.39 is 11.6 Å². The Morgan fingerprint density at radius 2 is 1.92 bits per heavy atom. The van der Waals surface area contributed by atoms with Gasteiger partial charge in [-0.15, -0.1) is 0 Å². The molecule has 1 heterocycles. The molecule has 0 amide bonds. The number of aryl methyl sites for hydroxylation is 1. The van der Waals surface area contributed by atoms with Gasteiger partial charge >= 0.3 is 0 Å². The van der Waals surface area contributed by atoms with Crippen LogP contribution in [0.4, 0.5) is 8.78 Å². The summed E-state index contributed by atoms with van der Waals surface area (Å²) in [6, 6.07) is 8.77. The van der Waals surface area contributed by atoms with E-state index in [2.05, 4.69) is 4.98 Å². The van der Waals surface area contributed by atoms with E-state index in [4.69, 9.17) is 11.6 Å². The monoisotopic (exact) mass is 345 g/mol. The van der Waals surface area contributed by atoms with Crippen molar-refractivity contribution in [1.82, 2.24) is 4.98 Å². The molecule has 1 N–H and O–H groups in total. The first-order chi connectivity index (χ1) is 11.4. The molecule has 0 aliphatic rings. The Morgan fingerprint density at radius 1 is 1.17 bits per heavy atom. The predicted molar refractivity (Wildman–Crippen MR) is 93.1 cm³/mol. The van der Waals surface area contributed by atoms with E-state index >= 15 is 0 Å². The summed E-state index contributed by atoms with van der Waals surface area (Å²) >= 11 is 6.09. The minimum absolute atomic E-state index is 0.0138. The predicted octanol–water partition coefficient (Wildman–Crippen LogP) is 6.06. The molecule has 0 saturated heterocycles. The normalized spacial score (nSPS) is 12.0. The van der Waals surface area contributed by atoms with Crippen LogP contribution < -0.4 is 0 Å². The molecule has 0 bridgehead atoms. The van der Waals surface area contributed by atoms with Crippen molar-refractivity contribution in [2.45, 2.75) is 13.8 Å². The Labute approximate surface area is 143 Å². The minimum atomic E-state index is -0.743. The molecule has 1 aromatic heterocycles. The minimum Gasteiger partial charge on any atom is -0.508 e. The lowest BCUT2D eigenvalue weighted by molar-refractivity contribution is 0.511. The van der Waals surface area contributed by atoms with Gasteiger partial charge in [0.15, 0.2) is 0 Å². The fraction of sp³-hybridized carbons (Fsp3) is 0.105. The van der Waals surface area contributed by atoms with Crippen molar-refractivity contribution >= 4 is 28.3 Å². The molecule has 24 heavy (non-hydrogen) atoms. The van der Waals surface area contributed by atoms with Crippen LogP contribution in [0, 0.1) is 18.6 Å². The number of fused-ring (bicyclic) bond motifs is 1. The number of rotatable bonds is 2. The highest BCUT2D eigenvalue weighted by molar-refractivity contribution is 6.33. The average molecular weight is 346 g/mol. The average Bonchev–Trinajstić information content (AvgIpc) is 2.52. The second-order valence-corrected chi connectivity index (χ2v) is 5.87. The van der Waals surface area contributed by atoms with E-state index in [1.54, 1.807) is 44.2 Å². The van der Waals surface area contributed by atoms with Gasteiger partial charge in [-0.3, -0.25) is 4.98 Å². The van der Waals surface area contributed by atoms with Crippen LogP contribution in [0.15, 0.2) is 42.5 Å². The Bertz CT molecular complexity index is 960. The van der Waals surface area contributed by atoms with Gasteiger partial charge in [-0.2, -0.15) is 0 Å². The molecule has 3 rings (SSSR count). The van der Waals surface area contributed by atoms with Gasteiger partial charge in [-0.1, -0.05) is 11.6 Å². The molecule has 0 spiro atoms. The molecule has 2 nitrogen and oxygen atoms in total. The molecule has 0 saturated carbocycles. The lowest BCUT2D eigenvalue weighted by Gasteiger charge is -2.12. The van der Waals surface area contributed by atoms with Gasteiger partial charge in [0.2, 0.25) is 0 Å². The van der Waals surface area contributed by atoms with Crippen LogP contribution in [0.25, 0.3) is 27.8 Å². The second-order valence-electron chi connectivity index (χ2n) is 5.46. The Morgan fingerprint density at radius 3 is 2.58 bits per heavy atom. The largest absolute Gasteiger partial charge is 0.508 e. The van der Waals surface area contributed by atoms with Crippen molar-refractivity contribution in [3.63, 3.8) is 0 Å². The Hall–Kier alpha value is -2.46. The fourth-order valence-electron chi connectivity index (χ4n) is 2.69. The molecular weight excluding hydrogens is 332 g/mol. The SMILES string of the molecule is CC=C(O)c1ccc2nc(C)cc(-c3c(F)cc(F)cc3Cl)c2c1. The van der Waals surface area contributed by atoms with E-state index in [0.717, 1.165) is 12.1 Å². The van der Waals surface area contributed by atoms with Crippen LogP contribution >= 0.6 is 11.6 Å². The molecule has 0 aliphatic heterocycles. The summed E-state index contributed by atoms with van der Waals surface area (Å²) in [5, 5.41) is 10.6. The van der Waals surface area contributed by atoms with Crippen molar-refractivity contribution in [2.24, 2.45) is 0 Å². The number of hydrogen-bond donors (Lipinski definition) is 1. The van der Waals surface area contributed by atoms with Crippen LogP contribution in [0.2, 0.25) is 5.02 Å². The van der Waals surface area contributed by atoms with Gasteiger partial charge in [0, 0.05) is 28.3 Å². The lowest BCUT2D eigenvalue weighted by Crippen LogP contribution is -1.94. The quantitative estimate of drug-likeness (QED) is 0.572. The van der Waals surface area contributed by atoms with Crippen molar-refractivity contribution in [2.75, 3.05) is 0 Å². The number of nitrogens with zero attached hydrogens (tertiary/aromatic N) is 1. The molecule has 3 aromatic rings. The van der Waals surface area contributed by atoms with Crippen LogP contribution in [-0.4, -0.2) is 10.1 Å². The van der Waals surface area contributed by atoms with Crippen LogP contribution in [0.5, 0.6) is 0 Å². The molecule has 0 aliphatic carbocycles. The summed E-state index contributed by atoms with van der Waals surface area (Å²) in [4.78, 5) is 4.42. The topological polar surface area (TPSA) is 33.1 Å². The zero-order valence-electron chi connectivity index (χ0n) is 13.1. The lowest BCUT2D eigenvalue weighted by atomic mass is 9.97. The molecule has 0 radical (unpaired) electrons. The first-order valence-corrected chi connectivity index (χ1v) is 7.70. The van der Waals surface area contributed by atoms with E-state index in [1.807, 2.05) is 0 Å². The van der Waals surface area contributed by atoms with Gasteiger partial charge in [0.1, 0.15) is 17.4 Å². The maximum Gasteiger partial charge on any atom is 0.135 e. The van der Waals surface area contributed by atoms with Crippen molar-refractivity contribution in [3.05, 3.63) is 70.4 Å². The van der Waals surface area contributed by atoms with E-state index in [1.165, 1.54) is 0 Å². The number of aliphatic hydroxyl groups excluding tert-OH is 1. The van der Waals surface area contributed by atoms with Gasteiger partial charge in [0.05, 0.1) is 10.5 Å². The number of benzene rings is 2. The number of aromatic nitrogens is 1. The maximum absolute atomic E-state index is 14.4. The van der Waals surface area contributed by atoms with Crippen LogP contribution in [0.3, 0.4) is 0 Å². The summed E-state index contributed by atoms with van der Waals surface area (Å²) < 4.78 is 27.7. The number of aliphatic hydroxyl groups is 1. The molecule has 0 atom stereocenters. The fourth-order valence-corrected chi connectivity index (χ4v) is 2.99. The maximum atomic E-state index is 14.4. The van der Waals surface area contributed by atoms with Gasteiger partial charge in [-0.25, -0.2) is 8.78 Å². The number of pyridine rings is 1. The zero-order valence-corrected chi connectivity index (χ0v) is 13.8. The molecule has 122 valence electrons. The Balaban J connectivity index is 2.39. The van der Waals surface area contributed by atoms with Crippen molar-refractivity contribution in [1.29, 1.82) is 0 Å². The standard InChI is InChI=1S/C19H14ClF2NO/c1-3-18(24)11-4-5-17-13(7-11)14(6-10(2)23-17)19-15(20)8-12(21)9-16(19)22/h3-9,24H,1-2H3. The van der Waals surface area contributed by atoms with Gasteiger partial charge < -0.3 is 5.11 Å². The summed E-state index contributed by atoms with van der Waals surface area (Å²) in [5.74, 6) is -1.37. The molecule has 0 unspecified atom stereocenters. The van der Waals surface area contributed by atoms with E-state index in [-0.39, 0.29) is 16.3 Å².